The lowest BCUT2D eigenvalue weighted by Crippen LogP contribution is -2.40. The van der Waals surface area contributed by atoms with Crippen molar-refractivity contribution in [2.45, 2.75) is 31.5 Å². The van der Waals surface area contributed by atoms with Gasteiger partial charge in [0.2, 0.25) is 0 Å². The molecule has 1 saturated heterocycles. The van der Waals surface area contributed by atoms with Gasteiger partial charge in [0.25, 0.3) is 0 Å². The van der Waals surface area contributed by atoms with E-state index in [1.54, 1.807) is 0 Å². The van der Waals surface area contributed by atoms with Crippen molar-refractivity contribution >= 4 is 17.4 Å². The van der Waals surface area contributed by atoms with Gasteiger partial charge in [0.1, 0.15) is 11.0 Å². The van der Waals surface area contributed by atoms with Crippen molar-refractivity contribution in [3.63, 3.8) is 0 Å². The zero-order valence-electron chi connectivity index (χ0n) is 11.2. The molecule has 0 bridgehead atoms. The number of likely N-dealkylation sites (tertiary alicyclic amines) is 1. The number of likely N-dealkylation sites (N-methyl/N-ethyl adjacent to an activating group) is 1. The van der Waals surface area contributed by atoms with Crippen molar-refractivity contribution in [2.24, 2.45) is 0 Å². The summed E-state index contributed by atoms with van der Waals surface area (Å²) in [6, 6.07) is 2.15. The van der Waals surface area contributed by atoms with Crippen LogP contribution in [0.1, 0.15) is 24.8 Å². The molecule has 1 unspecified atom stereocenters. The minimum Gasteiger partial charge on any atom is -0.368 e. The van der Waals surface area contributed by atoms with Crippen LogP contribution in [0.3, 0.4) is 0 Å². The first-order valence-electron chi connectivity index (χ1n) is 6.55. The Bertz CT molecular complexity index is 465. The largest absolute Gasteiger partial charge is 0.416 e. The van der Waals surface area contributed by atoms with Crippen LogP contribution in [0.2, 0.25) is 5.15 Å². The monoisotopic (exact) mass is 307 g/mol. The zero-order valence-corrected chi connectivity index (χ0v) is 11.9. The van der Waals surface area contributed by atoms with E-state index in [4.69, 9.17) is 11.6 Å². The van der Waals surface area contributed by atoms with Crippen LogP contribution in [0.4, 0.5) is 19.0 Å². The molecule has 1 atom stereocenters. The Morgan fingerprint density at radius 3 is 2.80 bits per heavy atom. The third-order valence-electron chi connectivity index (χ3n) is 3.56. The summed E-state index contributed by atoms with van der Waals surface area (Å²) in [6.07, 6.45) is -1.06. The molecular formula is C13H17ClF3N3. The Balaban J connectivity index is 2.04. The SMILES string of the molecule is CN1CCCCC1CNc1cc(C(F)(F)F)cc(Cl)n1. The van der Waals surface area contributed by atoms with Gasteiger partial charge in [-0.25, -0.2) is 4.98 Å². The Labute approximate surface area is 121 Å². The molecule has 7 heteroatoms. The molecule has 0 aliphatic carbocycles. The molecule has 2 heterocycles. The summed E-state index contributed by atoms with van der Waals surface area (Å²) < 4.78 is 38.0. The van der Waals surface area contributed by atoms with Gasteiger partial charge in [-0.15, -0.1) is 0 Å². The van der Waals surface area contributed by atoms with E-state index >= 15 is 0 Å². The summed E-state index contributed by atoms with van der Waals surface area (Å²) >= 11 is 5.64. The highest BCUT2D eigenvalue weighted by atomic mass is 35.5. The van der Waals surface area contributed by atoms with Gasteiger partial charge >= 0.3 is 6.18 Å². The van der Waals surface area contributed by atoms with E-state index in [0.717, 1.165) is 31.5 Å². The summed E-state index contributed by atoms with van der Waals surface area (Å²) in [7, 11) is 2.03. The molecule has 20 heavy (non-hydrogen) atoms. The minimum atomic E-state index is -4.41. The number of pyridine rings is 1. The molecule has 0 spiro atoms. The highest BCUT2D eigenvalue weighted by Gasteiger charge is 2.31. The van der Waals surface area contributed by atoms with E-state index in [1.807, 2.05) is 7.05 Å². The van der Waals surface area contributed by atoms with Crippen molar-refractivity contribution < 1.29 is 13.2 Å². The fourth-order valence-corrected chi connectivity index (χ4v) is 2.58. The predicted octanol–water partition coefficient (Wildman–Crippen LogP) is 3.65. The molecule has 0 radical (unpaired) electrons. The molecule has 112 valence electrons. The van der Waals surface area contributed by atoms with Gasteiger partial charge in [0.05, 0.1) is 5.56 Å². The lowest BCUT2D eigenvalue weighted by Gasteiger charge is -2.32. The Kier molecular flexibility index (Phi) is 4.75. The number of nitrogens with zero attached hydrogens (tertiary/aromatic N) is 2. The van der Waals surface area contributed by atoms with Gasteiger partial charge in [-0.05, 0) is 38.6 Å². The Morgan fingerprint density at radius 1 is 1.40 bits per heavy atom. The summed E-state index contributed by atoms with van der Waals surface area (Å²) in [5.41, 5.74) is -0.781. The highest BCUT2D eigenvalue weighted by molar-refractivity contribution is 6.29. The fraction of sp³-hybridized carbons (Fsp3) is 0.615. The molecule has 1 aliphatic rings. The van der Waals surface area contributed by atoms with Crippen LogP contribution >= 0.6 is 11.6 Å². The van der Waals surface area contributed by atoms with E-state index in [0.29, 0.717) is 12.6 Å². The quantitative estimate of drug-likeness (QED) is 0.864. The van der Waals surface area contributed by atoms with E-state index in [2.05, 4.69) is 15.2 Å². The fourth-order valence-electron chi connectivity index (χ4n) is 2.38. The first-order valence-corrected chi connectivity index (χ1v) is 6.93. The lowest BCUT2D eigenvalue weighted by molar-refractivity contribution is -0.137. The van der Waals surface area contributed by atoms with E-state index < -0.39 is 11.7 Å². The Morgan fingerprint density at radius 2 is 2.15 bits per heavy atom. The van der Waals surface area contributed by atoms with Crippen LogP contribution < -0.4 is 5.32 Å². The number of aromatic nitrogens is 1. The van der Waals surface area contributed by atoms with Crippen LogP contribution in [-0.4, -0.2) is 36.1 Å². The molecule has 0 amide bonds. The number of anilines is 1. The molecule has 1 N–H and O–H groups in total. The Hall–Kier alpha value is -1.01. The summed E-state index contributed by atoms with van der Waals surface area (Å²) in [5.74, 6) is 0.170. The predicted molar refractivity (Wildman–Crippen MR) is 73.0 cm³/mol. The van der Waals surface area contributed by atoms with Crippen molar-refractivity contribution in [1.29, 1.82) is 0 Å². The van der Waals surface area contributed by atoms with Crippen molar-refractivity contribution in [2.75, 3.05) is 25.5 Å². The van der Waals surface area contributed by atoms with Gasteiger partial charge < -0.3 is 10.2 Å². The summed E-state index contributed by atoms with van der Waals surface area (Å²) in [6.45, 7) is 1.59. The summed E-state index contributed by atoms with van der Waals surface area (Å²) in [4.78, 5) is 6.11. The number of hydrogen-bond acceptors (Lipinski definition) is 3. The topological polar surface area (TPSA) is 28.2 Å². The molecule has 1 aromatic rings. The van der Waals surface area contributed by atoms with Crippen molar-refractivity contribution in [3.8, 4) is 0 Å². The van der Waals surface area contributed by atoms with Crippen LogP contribution in [0.5, 0.6) is 0 Å². The number of piperidine rings is 1. The summed E-state index contributed by atoms with van der Waals surface area (Å²) in [5, 5.41) is 2.81. The lowest BCUT2D eigenvalue weighted by atomic mass is 10.0. The first kappa shape index (κ1) is 15.4. The van der Waals surface area contributed by atoms with Gasteiger partial charge in [0.15, 0.2) is 0 Å². The second-order valence-corrected chi connectivity index (χ2v) is 5.46. The van der Waals surface area contributed by atoms with Gasteiger partial charge in [-0.3, -0.25) is 0 Å². The maximum absolute atomic E-state index is 12.7. The number of rotatable bonds is 3. The third-order valence-corrected chi connectivity index (χ3v) is 3.76. The smallest absolute Gasteiger partial charge is 0.368 e. The van der Waals surface area contributed by atoms with Crippen molar-refractivity contribution in [1.82, 2.24) is 9.88 Å². The number of alkyl halides is 3. The maximum Gasteiger partial charge on any atom is 0.416 e. The second-order valence-electron chi connectivity index (χ2n) is 5.07. The standard InChI is InChI=1S/C13H17ClF3N3/c1-20-5-3-2-4-10(20)8-18-12-7-9(13(15,16)17)6-11(14)19-12/h6-7,10H,2-5,8H2,1H3,(H,18,19). The average molecular weight is 308 g/mol. The molecule has 2 rings (SSSR count). The van der Waals surface area contributed by atoms with Crippen molar-refractivity contribution in [3.05, 3.63) is 22.8 Å². The van der Waals surface area contributed by atoms with Gasteiger partial charge in [0, 0.05) is 12.6 Å². The number of halogens is 4. The van der Waals surface area contributed by atoms with E-state index in [9.17, 15) is 13.2 Å². The molecule has 1 aliphatic heterocycles. The molecule has 3 nitrogen and oxygen atoms in total. The average Bonchev–Trinajstić information content (AvgIpc) is 2.36. The molecule has 1 fully saturated rings. The highest BCUT2D eigenvalue weighted by Crippen LogP contribution is 2.32. The molecule has 0 aromatic carbocycles. The van der Waals surface area contributed by atoms with Crippen LogP contribution in [-0.2, 0) is 6.18 Å². The molecule has 1 aromatic heterocycles. The maximum atomic E-state index is 12.7. The normalized spacial score (nSPS) is 20.9. The first-order chi connectivity index (χ1) is 9.36. The van der Waals surface area contributed by atoms with Gasteiger partial charge in [-0.1, -0.05) is 18.0 Å². The molecule has 0 saturated carbocycles. The molecular weight excluding hydrogens is 291 g/mol. The number of nitrogens with one attached hydrogen (secondary N) is 1. The minimum absolute atomic E-state index is 0.153. The van der Waals surface area contributed by atoms with Crippen LogP contribution in [0.15, 0.2) is 12.1 Å². The van der Waals surface area contributed by atoms with E-state index in [1.165, 1.54) is 6.42 Å². The number of hydrogen-bond donors (Lipinski definition) is 1. The van der Waals surface area contributed by atoms with E-state index in [-0.39, 0.29) is 11.0 Å². The van der Waals surface area contributed by atoms with Crippen LogP contribution in [0, 0.1) is 0 Å². The third kappa shape index (κ3) is 3.99. The second kappa shape index (κ2) is 6.18. The van der Waals surface area contributed by atoms with Crippen LogP contribution in [0.25, 0.3) is 0 Å². The van der Waals surface area contributed by atoms with Gasteiger partial charge in [-0.2, -0.15) is 13.2 Å². The zero-order chi connectivity index (χ0) is 14.8.